The zero-order valence-electron chi connectivity index (χ0n) is 14.8. The van der Waals surface area contributed by atoms with Crippen LogP contribution in [0.4, 0.5) is 4.79 Å². The van der Waals surface area contributed by atoms with Gasteiger partial charge in [-0.3, -0.25) is 24.0 Å². The van der Waals surface area contributed by atoms with Gasteiger partial charge in [-0.2, -0.15) is 0 Å². The summed E-state index contributed by atoms with van der Waals surface area (Å²) in [5, 5.41) is 4.42. The average molecular weight is 362 g/mol. The van der Waals surface area contributed by atoms with Crippen LogP contribution in [0.5, 0.6) is 0 Å². The van der Waals surface area contributed by atoms with Crippen LogP contribution in [0.25, 0.3) is 11.0 Å². The minimum absolute atomic E-state index is 0.0634. The van der Waals surface area contributed by atoms with Crippen molar-refractivity contribution in [3.8, 4) is 0 Å². The molecule has 0 aliphatic rings. The maximum atomic E-state index is 12.4. The van der Waals surface area contributed by atoms with E-state index in [1.807, 2.05) is 36.5 Å². The first-order valence-electron chi connectivity index (χ1n) is 8.39. The summed E-state index contributed by atoms with van der Waals surface area (Å²) in [5.74, 6) is -1.35. The van der Waals surface area contributed by atoms with Crippen LogP contribution >= 0.6 is 0 Å². The molecule has 2 N–H and O–H groups in total. The minimum Gasteiger partial charge on any atom is -0.456 e. The summed E-state index contributed by atoms with van der Waals surface area (Å²) in [6, 6.07) is 6.68. The first kappa shape index (κ1) is 19.2. The first-order valence-corrected chi connectivity index (χ1v) is 8.39. The zero-order valence-corrected chi connectivity index (χ0v) is 14.8. The van der Waals surface area contributed by atoms with E-state index < -0.39 is 24.5 Å². The molecule has 3 amide bonds. The lowest BCUT2D eigenvalue weighted by atomic mass is 10.3. The van der Waals surface area contributed by atoms with Crippen molar-refractivity contribution in [1.82, 2.24) is 19.8 Å². The Kier molecular flexibility index (Phi) is 6.54. The highest BCUT2D eigenvalue weighted by Crippen LogP contribution is 2.13. The fourth-order valence-electron chi connectivity index (χ4n) is 2.58. The van der Waals surface area contributed by atoms with Gasteiger partial charge in [-0.1, -0.05) is 12.1 Å². The monoisotopic (exact) mass is 362 g/mol. The summed E-state index contributed by atoms with van der Waals surface area (Å²) in [7, 11) is 0. The number of amides is 3. The van der Waals surface area contributed by atoms with E-state index in [0.29, 0.717) is 13.1 Å². The van der Waals surface area contributed by atoms with E-state index in [9.17, 15) is 19.2 Å². The maximum Gasteiger partial charge on any atom is 0.329 e. The summed E-state index contributed by atoms with van der Waals surface area (Å²) in [6.45, 7) is 4.07. The van der Waals surface area contributed by atoms with E-state index in [0.717, 1.165) is 11.0 Å². The van der Waals surface area contributed by atoms with Gasteiger partial charge in [-0.25, -0.2) is 9.59 Å². The molecule has 0 radical (unpaired) electrons. The molecule has 9 heteroatoms. The third-order valence-electron chi connectivity index (χ3n) is 3.74. The van der Waals surface area contributed by atoms with Crippen molar-refractivity contribution in [2.75, 3.05) is 13.2 Å². The quantitative estimate of drug-likeness (QED) is 0.701. The molecule has 0 spiro atoms. The van der Waals surface area contributed by atoms with Crippen LogP contribution in [0.2, 0.25) is 0 Å². The van der Waals surface area contributed by atoms with Crippen molar-refractivity contribution in [2.45, 2.75) is 33.4 Å². The molecule has 0 saturated heterocycles. The second-order valence-corrected chi connectivity index (χ2v) is 5.49. The fraction of sp³-hybridized carbons (Fsp3) is 0.412. The summed E-state index contributed by atoms with van der Waals surface area (Å²) >= 11 is 0. The van der Waals surface area contributed by atoms with Gasteiger partial charge >= 0.3 is 17.7 Å². The van der Waals surface area contributed by atoms with Gasteiger partial charge in [0.25, 0.3) is 5.91 Å². The number of imidazole rings is 1. The SMILES string of the molecule is CCNC(=O)NC(=O)COC(=O)CCn1c(=O)n(CC)c2ccccc21. The molecule has 26 heavy (non-hydrogen) atoms. The number of ether oxygens (including phenoxy) is 1. The van der Waals surface area contributed by atoms with Gasteiger partial charge in [0.2, 0.25) is 0 Å². The minimum atomic E-state index is -0.718. The van der Waals surface area contributed by atoms with Crippen LogP contribution in [-0.4, -0.2) is 40.2 Å². The van der Waals surface area contributed by atoms with Crippen LogP contribution in [-0.2, 0) is 27.4 Å². The van der Waals surface area contributed by atoms with Gasteiger partial charge in [-0.15, -0.1) is 0 Å². The van der Waals surface area contributed by atoms with Crippen molar-refractivity contribution in [1.29, 1.82) is 0 Å². The van der Waals surface area contributed by atoms with Gasteiger partial charge in [0.1, 0.15) is 0 Å². The van der Waals surface area contributed by atoms with Crippen molar-refractivity contribution in [3.63, 3.8) is 0 Å². The standard InChI is InChI=1S/C17H22N4O5/c1-3-18-16(24)19-14(22)11-26-15(23)9-10-21-13-8-6-5-7-12(13)20(4-2)17(21)25/h5-8H,3-4,9-11H2,1-2H3,(H2,18,19,22,24). The summed E-state index contributed by atoms with van der Waals surface area (Å²) in [5.41, 5.74) is 1.34. The zero-order chi connectivity index (χ0) is 19.1. The third-order valence-corrected chi connectivity index (χ3v) is 3.74. The smallest absolute Gasteiger partial charge is 0.329 e. The molecule has 0 saturated carbocycles. The van der Waals surface area contributed by atoms with Crippen molar-refractivity contribution < 1.29 is 19.1 Å². The molecule has 1 aromatic carbocycles. The van der Waals surface area contributed by atoms with E-state index in [2.05, 4.69) is 5.32 Å². The number of rotatable bonds is 7. The molecule has 140 valence electrons. The number of nitrogens with zero attached hydrogens (tertiary/aromatic N) is 2. The largest absolute Gasteiger partial charge is 0.456 e. The maximum absolute atomic E-state index is 12.4. The van der Waals surface area contributed by atoms with Crippen molar-refractivity contribution in [2.24, 2.45) is 0 Å². The molecule has 0 fully saturated rings. The van der Waals surface area contributed by atoms with E-state index in [1.54, 1.807) is 11.5 Å². The second kappa shape index (κ2) is 8.84. The molecule has 2 aromatic rings. The number of carbonyl (C=O) groups is 3. The normalized spacial score (nSPS) is 10.5. The molecule has 9 nitrogen and oxygen atoms in total. The highest BCUT2D eigenvalue weighted by molar-refractivity contribution is 5.95. The number of hydrogen-bond donors (Lipinski definition) is 2. The van der Waals surface area contributed by atoms with Crippen molar-refractivity contribution in [3.05, 3.63) is 34.7 Å². The van der Waals surface area contributed by atoms with E-state index in [4.69, 9.17) is 4.74 Å². The Hall–Kier alpha value is -3.10. The molecule has 0 aliphatic carbocycles. The fourth-order valence-corrected chi connectivity index (χ4v) is 2.58. The van der Waals surface area contributed by atoms with Crippen LogP contribution in [0.3, 0.4) is 0 Å². The number of benzene rings is 1. The Morgan fingerprint density at radius 3 is 2.35 bits per heavy atom. The molecular formula is C17H22N4O5. The Balaban J connectivity index is 1.93. The molecule has 0 atom stereocenters. The number of aromatic nitrogens is 2. The van der Waals surface area contributed by atoms with Gasteiger partial charge in [0, 0.05) is 19.6 Å². The van der Waals surface area contributed by atoms with Gasteiger partial charge in [0.15, 0.2) is 6.61 Å². The molecule has 0 unspecified atom stereocenters. The van der Waals surface area contributed by atoms with E-state index >= 15 is 0 Å². The first-order chi connectivity index (χ1) is 12.5. The van der Waals surface area contributed by atoms with E-state index in [1.165, 1.54) is 4.57 Å². The number of esters is 1. The van der Waals surface area contributed by atoms with Crippen LogP contribution in [0.15, 0.2) is 29.1 Å². The number of nitrogens with one attached hydrogen (secondary N) is 2. The number of imide groups is 1. The molecule has 1 heterocycles. The highest BCUT2D eigenvalue weighted by Gasteiger charge is 2.14. The Morgan fingerprint density at radius 1 is 1.08 bits per heavy atom. The predicted octanol–water partition coefficient (Wildman–Crippen LogP) is 0.602. The van der Waals surface area contributed by atoms with Crippen LogP contribution in [0, 0.1) is 0 Å². The van der Waals surface area contributed by atoms with Crippen LogP contribution in [0.1, 0.15) is 20.3 Å². The Morgan fingerprint density at radius 2 is 1.73 bits per heavy atom. The van der Waals surface area contributed by atoms with Gasteiger partial charge < -0.3 is 10.1 Å². The number of carbonyl (C=O) groups excluding carboxylic acids is 3. The summed E-state index contributed by atoms with van der Waals surface area (Å²) in [6.07, 6.45) is -0.0634. The van der Waals surface area contributed by atoms with Crippen molar-refractivity contribution >= 4 is 28.9 Å². The molecule has 2 rings (SSSR count). The van der Waals surface area contributed by atoms with Crippen LogP contribution < -0.4 is 16.3 Å². The number of aryl methyl sites for hydroxylation is 2. The third kappa shape index (κ3) is 4.50. The lowest BCUT2D eigenvalue weighted by Gasteiger charge is -2.06. The van der Waals surface area contributed by atoms with Gasteiger partial charge in [-0.05, 0) is 26.0 Å². The topological polar surface area (TPSA) is 111 Å². The number of hydrogen-bond acceptors (Lipinski definition) is 5. The molecule has 0 bridgehead atoms. The van der Waals surface area contributed by atoms with E-state index in [-0.39, 0.29) is 18.7 Å². The predicted molar refractivity (Wildman–Crippen MR) is 94.7 cm³/mol. The van der Waals surface area contributed by atoms with Gasteiger partial charge in [0.05, 0.1) is 17.5 Å². The Bertz CT molecular complexity index is 868. The molecule has 0 aliphatic heterocycles. The Labute approximate surface area is 149 Å². The highest BCUT2D eigenvalue weighted by atomic mass is 16.5. The number of para-hydroxylation sites is 2. The lowest BCUT2D eigenvalue weighted by molar-refractivity contribution is -0.148. The summed E-state index contributed by atoms with van der Waals surface area (Å²) < 4.78 is 7.97. The number of urea groups is 1. The lowest BCUT2D eigenvalue weighted by Crippen LogP contribution is -2.41. The number of fused-ring (bicyclic) bond motifs is 1. The summed E-state index contributed by atoms with van der Waals surface area (Å²) in [4.78, 5) is 46.9. The second-order valence-electron chi connectivity index (χ2n) is 5.49. The average Bonchev–Trinajstić information content (AvgIpc) is 2.89. The molecule has 1 aromatic heterocycles. The molecular weight excluding hydrogens is 340 g/mol.